The van der Waals surface area contributed by atoms with Crippen LogP contribution in [-0.4, -0.2) is 21.3 Å². The molecule has 2 N–H and O–H groups in total. The van der Waals surface area contributed by atoms with Gasteiger partial charge in [0.15, 0.2) is 0 Å². The standard InChI is InChI=1S/C16H16ClN3O/c1-11-19-14-4-2-3-5-15(14)20(11)18-9-8-12-6-7-16(21)13(17)10-12/h2-7,10,18,21H,8-9H2,1H3. The third-order valence-electron chi connectivity index (χ3n) is 3.42. The summed E-state index contributed by atoms with van der Waals surface area (Å²) < 4.78 is 2.00. The SMILES string of the molecule is Cc1nc2ccccc2n1NCCc1ccc(O)c(Cl)c1. The lowest BCUT2D eigenvalue weighted by Crippen LogP contribution is -2.18. The fourth-order valence-electron chi connectivity index (χ4n) is 2.36. The van der Waals surface area contributed by atoms with Crippen LogP contribution in [0.1, 0.15) is 11.4 Å². The number of phenolic OH excluding ortho intramolecular Hbond substituents is 1. The lowest BCUT2D eigenvalue weighted by molar-refractivity contribution is 0.475. The molecule has 0 aliphatic heterocycles. The minimum absolute atomic E-state index is 0.116. The van der Waals surface area contributed by atoms with E-state index in [0.717, 1.165) is 35.4 Å². The molecule has 21 heavy (non-hydrogen) atoms. The zero-order valence-corrected chi connectivity index (χ0v) is 12.4. The Hall–Kier alpha value is -2.20. The highest BCUT2D eigenvalue weighted by Crippen LogP contribution is 2.23. The Morgan fingerprint density at radius 3 is 2.86 bits per heavy atom. The highest BCUT2D eigenvalue weighted by molar-refractivity contribution is 6.32. The van der Waals surface area contributed by atoms with Crippen LogP contribution in [0, 0.1) is 6.92 Å². The van der Waals surface area contributed by atoms with E-state index in [-0.39, 0.29) is 5.75 Å². The predicted molar refractivity (Wildman–Crippen MR) is 85.5 cm³/mol. The summed E-state index contributed by atoms with van der Waals surface area (Å²) in [6.45, 7) is 2.73. The number of aromatic nitrogens is 2. The van der Waals surface area contributed by atoms with Gasteiger partial charge in [-0.2, -0.15) is 0 Å². The van der Waals surface area contributed by atoms with Crippen molar-refractivity contribution in [1.82, 2.24) is 9.66 Å². The maximum atomic E-state index is 9.41. The molecular weight excluding hydrogens is 286 g/mol. The molecule has 0 aliphatic rings. The van der Waals surface area contributed by atoms with Crippen molar-refractivity contribution in [3.8, 4) is 5.75 Å². The number of fused-ring (bicyclic) bond motifs is 1. The molecule has 3 rings (SSSR count). The number of phenols is 1. The van der Waals surface area contributed by atoms with Crippen LogP contribution < -0.4 is 5.43 Å². The first kappa shape index (κ1) is 13.8. The van der Waals surface area contributed by atoms with Gasteiger partial charge in [0.2, 0.25) is 0 Å². The number of benzene rings is 2. The van der Waals surface area contributed by atoms with Crippen LogP contribution in [0.2, 0.25) is 5.02 Å². The number of nitrogens with one attached hydrogen (secondary N) is 1. The van der Waals surface area contributed by atoms with E-state index < -0.39 is 0 Å². The predicted octanol–water partition coefficient (Wildman–Crippen LogP) is 3.49. The Kier molecular flexibility index (Phi) is 3.71. The van der Waals surface area contributed by atoms with Crippen molar-refractivity contribution in [2.75, 3.05) is 12.0 Å². The van der Waals surface area contributed by atoms with Crippen LogP contribution in [0.15, 0.2) is 42.5 Å². The number of nitrogens with zero attached hydrogens (tertiary/aromatic N) is 2. The van der Waals surface area contributed by atoms with Gasteiger partial charge in [-0.1, -0.05) is 29.8 Å². The lowest BCUT2D eigenvalue weighted by atomic mass is 10.1. The molecule has 0 fully saturated rings. The molecule has 0 radical (unpaired) electrons. The molecule has 3 aromatic rings. The van der Waals surface area contributed by atoms with Crippen LogP contribution in [0.25, 0.3) is 11.0 Å². The average Bonchev–Trinajstić information content (AvgIpc) is 2.79. The van der Waals surface area contributed by atoms with Crippen LogP contribution in [0.3, 0.4) is 0 Å². The van der Waals surface area contributed by atoms with Crippen LogP contribution in [0.5, 0.6) is 5.75 Å². The molecule has 0 aliphatic carbocycles. The van der Waals surface area contributed by atoms with E-state index in [0.29, 0.717) is 5.02 Å². The van der Waals surface area contributed by atoms with E-state index in [1.54, 1.807) is 12.1 Å². The number of halogens is 1. The number of aromatic hydroxyl groups is 1. The Morgan fingerprint density at radius 1 is 1.24 bits per heavy atom. The van der Waals surface area contributed by atoms with Crippen molar-refractivity contribution in [2.24, 2.45) is 0 Å². The van der Waals surface area contributed by atoms with Gasteiger partial charge in [0, 0.05) is 6.54 Å². The van der Waals surface area contributed by atoms with E-state index in [1.165, 1.54) is 0 Å². The van der Waals surface area contributed by atoms with Crippen molar-refractivity contribution in [3.63, 3.8) is 0 Å². The third kappa shape index (κ3) is 2.81. The number of imidazole rings is 1. The summed E-state index contributed by atoms with van der Waals surface area (Å²) in [7, 11) is 0. The Morgan fingerprint density at radius 2 is 2.05 bits per heavy atom. The zero-order valence-electron chi connectivity index (χ0n) is 11.7. The van der Waals surface area contributed by atoms with Crippen molar-refractivity contribution < 1.29 is 5.11 Å². The van der Waals surface area contributed by atoms with Crippen molar-refractivity contribution >= 4 is 22.6 Å². The second-order valence-corrected chi connectivity index (χ2v) is 5.33. The first-order valence-electron chi connectivity index (χ1n) is 6.80. The van der Waals surface area contributed by atoms with E-state index in [2.05, 4.69) is 10.4 Å². The zero-order chi connectivity index (χ0) is 14.8. The topological polar surface area (TPSA) is 50.1 Å². The van der Waals surface area contributed by atoms with Crippen LogP contribution >= 0.6 is 11.6 Å². The van der Waals surface area contributed by atoms with Crippen molar-refractivity contribution in [1.29, 1.82) is 0 Å². The molecule has 2 aromatic carbocycles. The number of para-hydroxylation sites is 2. The van der Waals surface area contributed by atoms with Crippen LogP contribution in [-0.2, 0) is 6.42 Å². The molecule has 4 nitrogen and oxygen atoms in total. The minimum atomic E-state index is 0.116. The smallest absolute Gasteiger partial charge is 0.134 e. The molecule has 0 amide bonds. The second kappa shape index (κ2) is 5.66. The summed E-state index contributed by atoms with van der Waals surface area (Å²) in [4.78, 5) is 4.51. The summed E-state index contributed by atoms with van der Waals surface area (Å²) in [5.74, 6) is 1.05. The summed E-state index contributed by atoms with van der Waals surface area (Å²) in [5, 5.41) is 9.80. The first-order valence-corrected chi connectivity index (χ1v) is 7.18. The largest absolute Gasteiger partial charge is 0.506 e. The van der Waals surface area contributed by atoms with Gasteiger partial charge >= 0.3 is 0 Å². The molecular formula is C16H16ClN3O. The number of hydrogen-bond donors (Lipinski definition) is 2. The summed E-state index contributed by atoms with van der Waals surface area (Å²) in [5.41, 5.74) is 6.49. The van der Waals surface area contributed by atoms with E-state index >= 15 is 0 Å². The van der Waals surface area contributed by atoms with E-state index in [4.69, 9.17) is 11.6 Å². The molecule has 108 valence electrons. The highest BCUT2D eigenvalue weighted by atomic mass is 35.5. The maximum absolute atomic E-state index is 9.41. The summed E-state index contributed by atoms with van der Waals surface area (Å²) in [6, 6.07) is 13.3. The van der Waals surface area contributed by atoms with Gasteiger partial charge in [0.05, 0.1) is 16.1 Å². The Bertz CT molecular complexity index is 782. The molecule has 0 spiro atoms. The Balaban J connectivity index is 1.72. The summed E-state index contributed by atoms with van der Waals surface area (Å²) in [6.07, 6.45) is 0.811. The summed E-state index contributed by atoms with van der Waals surface area (Å²) >= 11 is 5.91. The van der Waals surface area contributed by atoms with E-state index in [9.17, 15) is 5.11 Å². The number of aryl methyl sites for hydroxylation is 1. The molecule has 0 atom stereocenters. The Labute approximate surface area is 128 Å². The minimum Gasteiger partial charge on any atom is -0.506 e. The molecule has 0 saturated heterocycles. The molecule has 5 heteroatoms. The highest BCUT2D eigenvalue weighted by Gasteiger charge is 2.06. The number of hydrogen-bond acceptors (Lipinski definition) is 3. The molecule has 0 unspecified atom stereocenters. The van der Waals surface area contributed by atoms with Gasteiger partial charge in [-0.25, -0.2) is 9.66 Å². The van der Waals surface area contributed by atoms with Gasteiger partial charge in [0.1, 0.15) is 11.6 Å². The lowest BCUT2D eigenvalue weighted by Gasteiger charge is -2.10. The third-order valence-corrected chi connectivity index (χ3v) is 3.73. The van der Waals surface area contributed by atoms with Gasteiger partial charge in [-0.3, -0.25) is 0 Å². The monoisotopic (exact) mass is 301 g/mol. The van der Waals surface area contributed by atoms with Crippen molar-refractivity contribution in [2.45, 2.75) is 13.3 Å². The van der Waals surface area contributed by atoms with E-state index in [1.807, 2.05) is 41.9 Å². The molecule has 1 heterocycles. The van der Waals surface area contributed by atoms with Crippen LogP contribution in [0.4, 0.5) is 0 Å². The fraction of sp³-hybridized carbons (Fsp3) is 0.188. The van der Waals surface area contributed by atoms with Gasteiger partial charge < -0.3 is 10.5 Å². The average molecular weight is 302 g/mol. The normalized spacial score (nSPS) is 11.0. The van der Waals surface area contributed by atoms with Gasteiger partial charge in [-0.15, -0.1) is 0 Å². The molecule has 1 aromatic heterocycles. The molecule has 0 bridgehead atoms. The van der Waals surface area contributed by atoms with Crippen molar-refractivity contribution in [3.05, 3.63) is 58.9 Å². The fourth-order valence-corrected chi connectivity index (χ4v) is 2.57. The quantitative estimate of drug-likeness (QED) is 0.775. The molecule has 0 saturated carbocycles. The second-order valence-electron chi connectivity index (χ2n) is 4.93. The van der Waals surface area contributed by atoms with Gasteiger partial charge in [-0.05, 0) is 43.2 Å². The van der Waals surface area contributed by atoms with Gasteiger partial charge in [0.25, 0.3) is 0 Å². The number of rotatable bonds is 4. The first-order chi connectivity index (χ1) is 10.1. The maximum Gasteiger partial charge on any atom is 0.134 e.